The average Bonchev–Trinajstić information content (AvgIpc) is 2.99. The first-order valence-electron chi connectivity index (χ1n) is 8.99. The molecule has 1 aromatic rings. The number of hydrogen-bond donors (Lipinski definition) is 1. The number of aromatic nitrogens is 2. The smallest absolute Gasteiger partial charge is 0.340 e. The summed E-state index contributed by atoms with van der Waals surface area (Å²) in [6.07, 6.45) is -4.54. The summed E-state index contributed by atoms with van der Waals surface area (Å²) >= 11 is 0. The van der Waals surface area contributed by atoms with Crippen molar-refractivity contribution in [3.05, 3.63) is 18.0 Å². The number of carbonyl (C=O) groups is 1. The second kappa shape index (κ2) is 6.84. The maximum atomic E-state index is 13.4. The van der Waals surface area contributed by atoms with Crippen molar-refractivity contribution in [2.45, 2.75) is 30.9 Å². The summed E-state index contributed by atoms with van der Waals surface area (Å²) in [4.78, 5) is 22.7. The lowest BCUT2D eigenvalue weighted by molar-refractivity contribution is -0.141. The molecule has 4 rings (SSSR count). The second-order valence-electron chi connectivity index (χ2n) is 7.40. The summed E-state index contributed by atoms with van der Waals surface area (Å²) in [5, 5.41) is 12.1. The number of amides is 1. The van der Waals surface area contributed by atoms with Crippen LogP contribution in [-0.4, -0.2) is 65.2 Å². The first-order valence-corrected chi connectivity index (χ1v) is 8.99. The zero-order chi connectivity index (χ0) is 20.1. The van der Waals surface area contributed by atoms with Crippen LogP contribution in [0.2, 0.25) is 0 Å². The molecule has 5 atom stereocenters. The first-order chi connectivity index (χ1) is 13.3. The molecule has 28 heavy (non-hydrogen) atoms. The van der Waals surface area contributed by atoms with Crippen LogP contribution in [-0.2, 0) is 11.0 Å². The van der Waals surface area contributed by atoms with E-state index in [4.69, 9.17) is 5.26 Å². The number of fused-ring (bicyclic) bond motifs is 1. The van der Waals surface area contributed by atoms with Gasteiger partial charge in [0.15, 0.2) is 0 Å². The Hall–Kier alpha value is -2.48. The highest BCUT2D eigenvalue weighted by Gasteiger charge is 2.56. The van der Waals surface area contributed by atoms with E-state index >= 15 is 0 Å². The molecular formula is C17H18F4N6O. The zero-order valence-electron chi connectivity index (χ0n) is 14.7. The quantitative estimate of drug-likeness (QED) is 0.762. The average molecular weight is 398 g/mol. The Balaban J connectivity index is 1.28. The molecule has 1 unspecified atom stereocenters. The fourth-order valence-electron chi connectivity index (χ4n) is 4.14. The van der Waals surface area contributed by atoms with Gasteiger partial charge in [-0.05, 0) is 17.9 Å². The van der Waals surface area contributed by atoms with Crippen molar-refractivity contribution in [2.24, 2.45) is 11.8 Å². The van der Waals surface area contributed by atoms with E-state index in [-0.39, 0.29) is 49.2 Å². The molecule has 1 saturated carbocycles. The maximum absolute atomic E-state index is 13.4. The van der Waals surface area contributed by atoms with Crippen molar-refractivity contribution in [1.29, 1.82) is 5.26 Å². The number of alkyl halides is 4. The predicted molar refractivity (Wildman–Crippen MR) is 88.6 cm³/mol. The van der Waals surface area contributed by atoms with Crippen LogP contribution in [0.4, 0.5) is 23.5 Å². The summed E-state index contributed by atoms with van der Waals surface area (Å²) in [7, 11) is 0. The molecule has 1 aromatic heterocycles. The third-order valence-electron chi connectivity index (χ3n) is 5.62. The normalized spacial score (nSPS) is 31.6. The third kappa shape index (κ3) is 3.48. The van der Waals surface area contributed by atoms with Gasteiger partial charge in [-0.25, -0.2) is 14.4 Å². The van der Waals surface area contributed by atoms with Gasteiger partial charge in [0.05, 0.1) is 19.2 Å². The molecule has 0 bridgehead atoms. The molecule has 1 aliphatic carbocycles. The maximum Gasteiger partial charge on any atom is 0.433 e. The van der Waals surface area contributed by atoms with Crippen molar-refractivity contribution in [3.63, 3.8) is 0 Å². The topological polar surface area (TPSA) is 85.2 Å². The zero-order valence-corrected chi connectivity index (χ0v) is 14.7. The Morgan fingerprint density at radius 3 is 2.68 bits per heavy atom. The molecule has 2 saturated heterocycles. The molecule has 2 aliphatic heterocycles. The molecule has 7 nitrogen and oxygen atoms in total. The molecule has 3 heterocycles. The van der Waals surface area contributed by atoms with E-state index in [0.717, 1.165) is 12.3 Å². The minimum Gasteiger partial charge on any atom is -0.340 e. The van der Waals surface area contributed by atoms with Gasteiger partial charge in [-0.1, -0.05) is 0 Å². The van der Waals surface area contributed by atoms with Crippen LogP contribution in [0.15, 0.2) is 12.3 Å². The number of hydrogen-bond acceptors (Lipinski definition) is 6. The van der Waals surface area contributed by atoms with E-state index in [0.29, 0.717) is 13.1 Å². The van der Waals surface area contributed by atoms with E-state index in [9.17, 15) is 22.4 Å². The minimum atomic E-state index is -4.51. The van der Waals surface area contributed by atoms with Crippen molar-refractivity contribution in [3.8, 4) is 6.07 Å². The van der Waals surface area contributed by atoms with Crippen LogP contribution in [0.3, 0.4) is 0 Å². The lowest BCUT2D eigenvalue weighted by Crippen LogP contribution is -2.43. The number of anilines is 1. The van der Waals surface area contributed by atoms with Crippen LogP contribution in [0, 0.1) is 23.2 Å². The number of carbonyl (C=O) groups excluding carboxylic acids is 1. The van der Waals surface area contributed by atoms with Gasteiger partial charge in [0.25, 0.3) is 0 Å². The van der Waals surface area contributed by atoms with Crippen molar-refractivity contribution >= 4 is 11.9 Å². The van der Waals surface area contributed by atoms with Crippen LogP contribution >= 0.6 is 0 Å². The van der Waals surface area contributed by atoms with Crippen LogP contribution < -0.4 is 10.2 Å². The summed E-state index contributed by atoms with van der Waals surface area (Å²) in [5.41, 5.74) is -0.970. The number of nitriles is 1. The fourth-order valence-corrected chi connectivity index (χ4v) is 4.14. The Morgan fingerprint density at radius 2 is 2.04 bits per heavy atom. The van der Waals surface area contributed by atoms with Gasteiger partial charge in [0, 0.05) is 31.7 Å². The van der Waals surface area contributed by atoms with E-state index in [1.165, 1.54) is 4.90 Å². The Labute approximate surface area is 158 Å². The highest BCUT2D eigenvalue weighted by molar-refractivity contribution is 5.79. The highest BCUT2D eigenvalue weighted by atomic mass is 19.4. The van der Waals surface area contributed by atoms with Gasteiger partial charge in [-0.3, -0.25) is 4.79 Å². The molecule has 1 N–H and O–H groups in total. The van der Waals surface area contributed by atoms with Crippen LogP contribution in [0.5, 0.6) is 0 Å². The Kier molecular flexibility index (Phi) is 4.61. The monoisotopic (exact) mass is 398 g/mol. The summed E-state index contributed by atoms with van der Waals surface area (Å²) in [6.45, 7) is 0.976. The van der Waals surface area contributed by atoms with Crippen molar-refractivity contribution < 1.29 is 22.4 Å². The van der Waals surface area contributed by atoms with Crippen LogP contribution in [0.1, 0.15) is 12.1 Å². The van der Waals surface area contributed by atoms with Crippen LogP contribution in [0.25, 0.3) is 0 Å². The number of halogens is 4. The first kappa shape index (κ1) is 18.9. The molecule has 11 heteroatoms. The summed E-state index contributed by atoms with van der Waals surface area (Å²) in [6, 6.07) is 2.14. The summed E-state index contributed by atoms with van der Waals surface area (Å²) < 4.78 is 51.8. The molecule has 1 amide bonds. The minimum absolute atomic E-state index is 0.0165. The molecule has 0 spiro atoms. The fraction of sp³-hybridized carbons (Fsp3) is 0.647. The number of likely N-dealkylation sites (tertiary alicyclic amines) is 1. The molecule has 3 fully saturated rings. The lowest BCUT2D eigenvalue weighted by Gasteiger charge is -2.22. The number of rotatable bonds is 4. The largest absolute Gasteiger partial charge is 0.433 e. The van der Waals surface area contributed by atoms with Gasteiger partial charge in [0.2, 0.25) is 11.9 Å². The molecule has 3 aliphatic rings. The van der Waals surface area contributed by atoms with Crippen molar-refractivity contribution in [1.82, 2.24) is 20.2 Å². The van der Waals surface area contributed by atoms with E-state index < -0.39 is 24.1 Å². The number of nitrogens with one attached hydrogen (secondary N) is 1. The number of nitrogens with zero attached hydrogens (tertiary/aromatic N) is 5. The Morgan fingerprint density at radius 1 is 1.32 bits per heavy atom. The SMILES string of the molecule is N#C[C@@H]1C[C@H](F)CN1C(=O)CNC1[C@H]2CN(c3nccc(C(F)(F)F)n3)C[C@@H]12. The second-order valence-corrected chi connectivity index (χ2v) is 7.40. The van der Waals surface area contributed by atoms with Gasteiger partial charge in [0.1, 0.15) is 17.9 Å². The van der Waals surface area contributed by atoms with Crippen molar-refractivity contribution in [2.75, 3.05) is 31.1 Å². The van der Waals surface area contributed by atoms with Gasteiger partial charge >= 0.3 is 6.18 Å². The third-order valence-corrected chi connectivity index (χ3v) is 5.62. The molecule has 150 valence electrons. The van der Waals surface area contributed by atoms with Gasteiger partial charge < -0.3 is 15.1 Å². The Bertz CT molecular complexity index is 800. The standard InChI is InChI=1S/C17H18F4N6O/c18-9-3-10(4-22)27(6-9)14(28)5-24-15-11-7-26(8-12(11)15)16-23-2-1-13(25-16)17(19,20)21/h1-2,9-12,15,24H,3,5-8H2/t9-,10-,11-,12+,15?/m0/s1. The highest BCUT2D eigenvalue weighted by Crippen LogP contribution is 2.46. The number of piperidine rings is 1. The predicted octanol–water partition coefficient (Wildman–Crippen LogP) is 0.982. The lowest BCUT2D eigenvalue weighted by atomic mass is 10.2. The summed E-state index contributed by atoms with van der Waals surface area (Å²) in [5.74, 6) is 0.143. The molecule has 0 radical (unpaired) electrons. The van der Waals surface area contributed by atoms with E-state index in [1.807, 2.05) is 6.07 Å². The molecule has 0 aromatic carbocycles. The van der Waals surface area contributed by atoms with Gasteiger partial charge in [-0.15, -0.1) is 0 Å². The van der Waals surface area contributed by atoms with E-state index in [1.54, 1.807) is 4.90 Å². The molecular weight excluding hydrogens is 380 g/mol. The van der Waals surface area contributed by atoms with E-state index in [2.05, 4.69) is 15.3 Å². The van der Waals surface area contributed by atoms with Gasteiger partial charge in [-0.2, -0.15) is 18.4 Å².